The summed E-state index contributed by atoms with van der Waals surface area (Å²) in [5, 5.41) is 7.00. The van der Waals surface area contributed by atoms with Crippen LogP contribution in [0, 0.1) is 0 Å². The monoisotopic (exact) mass is 422 g/mol. The molecular weight excluding hydrogens is 393 g/mol. The Morgan fingerprint density at radius 1 is 0.944 bits per heavy atom. The minimum Gasteiger partial charge on any atom is -0.668 e. The molecule has 109 valence electrons. The van der Waals surface area contributed by atoms with Gasteiger partial charge in [-0.3, -0.25) is 6.34 Å². The van der Waals surface area contributed by atoms with E-state index in [-0.39, 0.29) is 22.4 Å². The van der Waals surface area contributed by atoms with Gasteiger partial charge in [-0.15, -0.1) is 0 Å². The normalized spacial score (nSPS) is 14.8. The summed E-state index contributed by atoms with van der Waals surface area (Å²) in [6.07, 6.45) is 9.60. The standard InChI is InChI=1S/C9H17N2.2C2H6N.Ta/c1-11(2)8-10-9-6-4-3-5-7-9;2*1-3-2;/h9H,3-7H2,1-2H3;2*1-2H3;/q3*-1;. The van der Waals surface area contributed by atoms with E-state index in [1.165, 1.54) is 32.1 Å². The minimum atomic E-state index is 0. The summed E-state index contributed by atoms with van der Waals surface area (Å²) in [4.78, 5) is 6.24. The number of hydrogen-bond acceptors (Lipinski definition) is 1. The van der Waals surface area contributed by atoms with Crippen molar-refractivity contribution in [3.05, 3.63) is 10.6 Å². The average molecular weight is 422 g/mol. The molecule has 0 N–H and O–H groups in total. The van der Waals surface area contributed by atoms with Crippen LogP contribution in [0.15, 0.2) is 4.99 Å². The molecule has 1 radical (unpaired) electrons. The van der Waals surface area contributed by atoms with Crippen LogP contribution in [0.1, 0.15) is 32.1 Å². The molecule has 0 saturated heterocycles. The molecule has 0 spiro atoms. The molecule has 4 nitrogen and oxygen atoms in total. The summed E-state index contributed by atoms with van der Waals surface area (Å²) in [5.74, 6) is 0. The molecular formula is C13H29N4Ta-3. The Labute approximate surface area is 130 Å². The number of rotatable bonds is 2. The molecule has 1 aliphatic rings. The van der Waals surface area contributed by atoms with E-state index in [2.05, 4.69) is 22.0 Å². The fourth-order valence-electron chi connectivity index (χ4n) is 1.41. The van der Waals surface area contributed by atoms with E-state index >= 15 is 0 Å². The molecule has 5 heteroatoms. The molecule has 0 amide bonds. The predicted octanol–water partition coefficient (Wildman–Crippen LogP) is 3.02. The Bertz CT molecular complexity index is 155. The molecule has 0 bridgehead atoms. The molecule has 1 aliphatic carbocycles. The van der Waals surface area contributed by atoms with Crippen LogP contribution < -0.4 is 0 Å². The molecule has 0 aromatic carbocycles. The molecule has 18 heavy (non-hydrogen) atoms. The molecule has 1 saturated carbocycles. The SMILES string of the molecule is CN(C)[C-]=NC1CCCCC1.C[N-]C.C[N-]C.[Ta]. The van der Waals surface area contributed by atoms with Gasteiger partial charge in [-0.05, 0) is 26.9 Å². The van der Waals surface area contributed by atoms with Crippen molar-refractivity contribution in [2.45, 2.75) is 38.1 Å². The second-order valence-corrected chi connectivity index (χ2v) is 4.31. The summed E-state index contributed by atoms with van der Waals surface area (Å²) >= 11 is 0. The van der Waals surface area contributed by atoms with Gasteiger partial charge in [0, 0.05) is 28.4 Å². The van der Waals surface area contributed by atoms with Gasteiger partial charge in [-0.2, -0.15) is 28.2 Å². The van der Waals surface area contributed by atoms with Crippen molar-refractivity contribution >= 4 is 6.34 Å². The van der Waals surface area contributed by atoms with E-state index in [1.54, 1.807) is 28.2 Å². The van der Waals surface area contributed by atoms with Gasteiger partial charge in [-0.1, -0.05) is 19.3 Å². The van der Waals surface area contributed by atoms with Crippen LogP contribution in [0.4, 0.5) is 0 Å². The van der Waals surface area contributed by atoms with Gasteiger partial charge in [0.05, 0.1) is 0 Å². The van der Waals surface area contributed by atoms with Gasteiger partial charge < -0.3 is 20.5 Å². The van der Waals surface area contributed by atoms with E-state index in [9.17, 15) is 0 Å². The first-order valence-electron chi connectivity index (χ1n) is 6.21. The maximum Gasteiger partial charge on any atom is 0.0129 e. The van der Waals surface area contributed by atoms with Crippen LogP contribution in [0.5, 0.6) is 0 Å². The first-order valence-corrected chi connectivity index (χ1v) is 6.21. The zero-order valence-corrected chi connectivity index (χ0v) is 16.1. The second kappa shape index (κ2) is 19.5. The van der Waals surface area contributed by atoms with Gasteiger partial charge in [0.1, 0.15) is 0 Å². The molecule has 0 unspecified atom stereocenters. The zero-order chi connectivity index (χ0) is 13.5. The zero-order valence-electron chi connectivity index (χ0n) is 12.8. The summed E-state index contributed by atoms with van der Waals surface area (Å²) < 4.78 is 0. The fraction of sp³-hybridized carbons (Fsp3) is 0.923. The third-order valence-electron chi connectivity index (χ3n) is 2.02. The molecule has 0 aromatic heterocycles. The van der Waals surface area contributed by atoms with Crippen LogP contribution in [-0.4, -0.2) is 59.6 Å². The Hall–Kier alpha value is 0.130. The number of aliphatic imine (C=N–C) groups is 1. The second-order valence-electron chi connectivity index (χ2n) is 4.31. The molecule has 0 aliphatic heterocycles. The number of nitrogens with zero attached hydrogens (tertiary/aromatic N) is 4. The maximum absolute atomic E-state index is 4.36. The Balaban J connectivity index is -0.000000276. The molecule has 0 aromatic rings. The maximum atomic E-state index is 4.36. The quantitative estimate of drug-likeness (QED) is 0.292. The third kappa shape index (κ3) is 21.4. The van der Waals surface area contributed by atoms with Gasteiger partial charge in [0.2, 0.25) is 0 Å². The molecule has 1 rings (SSSR count). The average Bonchev–Trinajstić information content (AvgIpc) is 2.30. The van der Waals surface area contributed by atoms with E-state index in [1.807, 2.05) is 19.0 Å². The summed E-state index contributed by atoms with van der Waals surface area (Å²) in [6.45, 7) is 0. The van der Waals surface area contributed by atoms with Crippen molar-refractivity contribution < 1.29 is 22.4 Å². The van der Waals surface area contributed by atoms with Gasteiger partial charge in [0.15, 0.2) is 0 Å². The minimum absolute atomic E-state index is 0. The first-order chi connectivity index (χ1) is 8.12. The van der Waals surface area contributed by atoms with Crippen LogP contribution in [0.2, 0.25) is 0 Å². The first kappa shape index (κ1) is 23.2. The summed E-state index contributed by atoms with van der Waals surface area (Å²) in [6, 6.07) is 0.561. The molecule has 0 heterocycles. The topological polar surface area (TPSA) is 43.8 Å². The van der Waals surface area contributed by atoms with Crippen molar-refractivity contribution in [2.75, 3.05) is 42.3 Å². The van der Waals surface area contributed by atoms with Crippen molar-refractivity contribution in [2.24, 2.45) is 4.99 Å². The Kier molecular flexibility index (Phi) is 25.1. The smallest absolute Gasteiger partial charge is 0.0129 e. The van der Waals surface area contributed by atoms with Crippen molar-refractivity contribution in [3.8, 4) is 0 Å². The summed E-state index contributed by atoms with van der Waals surface area (Å²) in [5.41, 5.74) is 0. The molecule has 0 atom stereocenters. The molecule has 1 fully saturated rings. The van der Waals surface area contributed by atoms with Crippen molar-refractivity contribution in [3.63, 3.8) is 0 Å². The van der Waals surface area contributed by atoms with Crippen LogP contribution in [0.3, 0.4) is 0 Å². The third-order valence-corrected chi connectivity index (χ3v) is 2.02. The van der Waals surface area contributed by atoms with E-state index in [4.69, 9.17) is 0 Å². The fourth-order valence-corrected chi connectivity index (χ4v) is 1.41. The van der Waals surface area contributed by atoms with Crippen LogP contribution >= 0.6 is 0 Å². The van der Waals surface area contributed by atoms with Gasteiger partial charge >= 0.3 is 0 Å². The van der Waals surface area contributed by atoms with Gasteiger partial charge in [-0.25, -0.2) is 0 Å². The predicted molar refractivity (Wildman–Crippen MR) is 78.4 cm³/mol. The van der Waals surface area contributed by atoms with Crippen LogP contribution in [0.25, 0.3) is 10.6 Å². The van der Waals surface area contributed by atoms with E-state index in [0.29, 0.717) is 6.04 Å². The Morgan fingerprint density at radius 2 is 1.33 bits per heavy atom. The van der Waals surface area contributed by atoms with Crippen LogP contribution in [-0.2, 0) is 22.4 Å². The summed E-state index contributed by atoms with van der Waals surface area (Å²) in [7, 11) is 10.9. The van der Waals surface area contributed by atoms with E-state index < -0.39 is 0 Å². The van der Waals surface area contributed by atoms with Crippen molar-refractivity contribution in [1.82, 2.24) is 4.90 Å². The van der Waals surface area contributed by atoms with Crippen molar-refractivity contribution in [1.29, 1.82) is 0 Å². The van der Waals surface area contributed by atoms with Gasteiger partial charge in [0.25, 0.3) is 0 Å². The Morgan fingerprint density at radius 3 is 1.67 bits per heavy atom. The largest absolute Gasteiger partial charge is 0.668 e. The van der Waals surface area contributed by atoms with E-state index in [0.717, 1.165) is 0 Å². The number of hydrogen-bond donors (Lipinski definition) is 0.